The van der Waals surface area contributed by atoms with Crippen molar-refractivity contribution in [3.63, 3.8) is 0 Å². The molecular formula is C18H19Cl2NO2. The lowest BCUT2D eigenvalue weighted by atomic mass is 10.0. The smallest absolute Gasteiger partial charge is 0.227 e. The van der Waals surface area contributed by atoms with Crippen molar-refractivity contribution in [3.8, 4) is 0 Å². The van der Waals surface area contributed by atoms with Crippen LogP contribution in [0.15, 0.2) is 48.5 Å². The van der Waals surface area contributed by atoms with Crippen LogP contribution >= 0.6 is 23.2 Å². The minimum atomic E-state index is -0.167. The SMILES string of the molecule is CN(C(=O)Cc1ccc(Cl)cc1Cl)C(CCO)c1ccccc1. The van der Waals surface area contributed by atoms with Crippen LogP contribution in [0.1, 0.15) is 23.6 Å². The zero-order valence-corrected chi connectivity index (χ0v) is 14.4. The highest BCUT2D eigenvalue weighted by atomic mass is 35.5. The number of aliphatic hydroxyl groups is 1. The summed E-state index contributed by atoms with van der Waals surface area (Å²) in [5, 5.41) is 10.3. The average Bonchev–Trinajstić information content (AvgIpc) is 2.55. The van der Waals surface area contributed by atoms with Gasteiger partial charge in [-0.3, -0.25) is 4.79 Å². The van der Waals surface area contributed by atoms with Gasteiger partial charge < -0.3 is 10.0 Å². The molecule has 2 rings (SSSR count). The molecule has 1 atom stereocenters. The summed E-state index contributed by atoms with van der Waals surface area (Å²) in [6, 6.07) is 14.6. The summed E-state index contributed by atoms with van der Waals surface area (Å²) in [6.07, 6.45) is 0.682. The molecule has 1 amide bonds. The predicted octanol–water partition coefficient (Wildman–Crippen LogP) is 4.12. The second-order valence-corrected chi connectivity index (χ2v) is 6.20. The first kappa shape index (κ1) is 17.8. The molecule has 0 radical (unpaired) electrons. The summed E-state index contributed by atoms with van der Waals surface area (Å²) < 4.78 is 0. The van der Waals surface area contributed by atoms with E-state index in [0.29, 0.717) is 16.5 Å². The highest BCUT2D eigenvalue weighted by Crippen LogP contribution is 2.26. The van der Waals surface area contributed by atoms with Gasteiger partial charge in [0.25, 0.3) is 0 Å². The van der Waals surface area contributed by atoms with Crippen LogP contribution in [0.4, 0.5) is 0 Å². The number of aliphatic hydroxyl groups excluding tert-OH is 1. The molecule has 3 nitrogen and oxygen atoms in total. The molecule has 5 heteroatoms. The first-order chi connectivity index (χ1) is 11.0. The van der Waals surface area contributed by atoms with E-state index in [1.807, 2.05) is 30.3 Å². The Balaban J connectivity index is 2.16. The van der Waals surface area contributed by atoms with Gasteiger partial charge in [-0.1, -0.05) is 59.6 Å². The predicted molar refractivity (Wildman–Crippen MR) is 93.8 cm³/mol. The van der Waals surface area contributed by atoms with E-state index < -0.39 is 0 Å². The molecule has 0 spiro atoms. The number of hydrogen-bond acceptors (Lipinski definition) is 2. The van der Waals surface area contributed by atoms with Crippen molar-refractivity contribution >= 4 is 29.1 Å². The lowest BCUT2D eigenvalue weighted by Crippen LogP contribution is -2.33. The van der Waals surface area contributed by atoms with Crippen molar-refractivity contribution in [2.24, 2.45) is 0 Å². The van der Waals surface area contributed by atoms with E-state index in [1.54, 1.807) is 30.1 Å². The van der Waals surface area contributed by atoms with Crippen LogP contribution < -0.4 is 0 Å². The van der Waals surface area contributed by atoms with Crippen molar-refractivity contribution < 1.29 is 9.90 Å². The van der Waals surface area contributed by atoms with Crippen molar-refractivity contribution in [2.75, 3.05) is 13.7 Å². The second-order valence-electron chi connectivity index (χ2n) is 5.36. The Morgan fingerprint density at radius 2 is 1.87 bits per heavy atom. The minimum Gasteiger partial charge on any atom is -0.396 e. The Morgan fingerprint density at radius 1 is 1.17 bits per heavy atom. The van der Waals surface area contributed by atoms with Crippen LogP contribution in [0.5, 0.6) is 0 Å². The maximum absolute atomic E-state index is 12.6. The summed E-state index contributed by atoms with van der Waals surface area (Å²) in [5.74, 6) is -0.0588. The number of nitrogens with zero attached hydrogens (tertiary/aromatic N) is 1. The fourth-order valence-electron chi connectivity index (χ4n) is 2.51. The first-order valence-electron chi connectivity index (χ1n) is 7.38. The second kappa shape index (κ2) is 8.34. The molecular weight excluding hydrogens is 333 g/mol. The molecule has 0 bridgehead atoms. The Bertz CT molecular complexity index is 661. The lowest BCUT2D eigenvalue weighted by Gasteiger charge is -2.28. The third-order valence-electron chi connectivity index (χ3n) is 3.80. The van der Waals surface area contributed by atoms with Gasteiger partial charge >= 0.3 is 0 Å². The highest BCUT2D eigenvalue weighted by Gasteiger charge is 2.21. The van der Waals surface area contributed by atoms with E-state index in [9.17, 15) is 9.90 Å². The molecule has 23 heavy (non-hydrogen) atoms. The normalized spacial score (nSPS) is 12.0. The Kier molecular flexibility index (Phi) is 6.46. The number of likely N-dealkylation sites (N-methyl/N-ethyl adjacent to an activating group) is 1. The zero-order chi connectivity index (χ0) is 16.8. The molecule has 2 aromatic carbocycles. The fraction of sp³-hybridized carbons (Fsp3) is 0.278. The van der Waals surface area contributed by atoms with Gasteiger partial charge in [0, 0.05) is 23.7 Å². The molecule has 0 aliphatic carbocycles. The molecule has 0 saturated carbocycles. The van der Waals surface area contributed by atoms with Gasteiger partial charge in [0.05, 0.1) is 12.5 Å². The maximum atomic E-state index is 12.6. The monoisotopic (exact) mass is 351 g/mol. The molecule has 0 aromatic heterocycles. The Morgan fingerprint density at radius 3 is 2.48 bits per heavy atom. The molecule has 122 valence electrons. The first-order valence-corrected chi connectivity index (χ1v) is 8.14. The standard InChI is InChI=1S/C18H19Cl2NO2/c1-21(17(9-10-22)13-5-3-2-4-6-13)18(23)11-14-7-8-15(19)12-16(14)20/h2-8,12,17,22H,9-11H2,1H3. The number of rotatable bonds is 6. The summed E-state index contributed by atoms with van der Waals surface area (Å²) in [7, 11) is 1.75. The minimum absolute atomic E-state index is 0.0128. The molecule has 0 aliphatic rings. The summed E-state index contributed by atoms with van der Waals surface area (Å²) >= 11 is 12.0. The van der Waals surface area contributed by atoms with Crippen LogP contribution in [0.2, 0.25) is 10.0 Å². The van der Waals surface area contributed by atoms with Crippen molar-refractivity contribution in [1.29, 1.82) is 0 Å². The topological polar surface area (TPSA) is 40.5 Å². The van der Waals surface area contributed by atoms with Gasteiger partial charge in [0.1, 0.15) is 0 Å². The lowest BCUT2D eigenvalue weighted by molar-refractivity contribution is -0.131. The molecule has 2 aromatic rings. The van der Waals surface area contributed by atoms with Crippen molar-refractivity contribution in [3.05, 3.63) is 69.7 Å². The highest BCUT2D eigenvalue weighted by molar-refractivity contribution is 6.35. The number of carbonyl (C=O) groups is 1. The van der Waals surface area contributed by atoms with E-state index in [2.05, 4.69) is 0 Å². The molecule has 0 heterocycles. The van der Waals surface area contributed by atoms with Gasteiger partial charge in [-0.25, -0.2) is 0 Å². The number of amides is 1. The molecule has 0 saturated heterocycles. The third-order valence-corrected chi connectivity index (χ3v) is 4.39. The van der Waals surface area contributed by atoms with Crippen molar-refractivity contribution in [2.45, 2.75) is 18.9 Å². The van der Waals surface area contributed by atoms with E-state index >= 15 is 0 Å². The number of carbonyl (C=O) groups excluding carboxylic acids is 1. The summed E-state index contributed by atoms with van der Waals surface area (Å²) in [4.78, 5) is 14.3. The van der Waals surface area contributed by atoms with Crippen LogP contribution in [-0.4, -0.2) is 29.6 Å². The van der Waals surface area contributed by atoms with Gasteiger partial charge in [-0.05, 0) is 29.7 Å². The van der Waals surface area contributed by atoms with Gasteiger partial charge in [-0.2, -0.15) is 0 Å². The van der Waals surface area contributed by atoms with E-state index in [4.69, 9.17) is 23.2 Å². The van der Waals surface area contributed by atoms with Gasteiger partial charge in [0.2, 0.25) is 5.91 Å². The number of benzene rings is 2. The van der Waals surface area contributed by atoms with Crippen LogP contribution in [0, 0.1) is 0 Å². The van der Waals surface area contributed by atoms with Crippen molar-refractivity contribution in [1.82, 2.24) is 4.90 Å². The summed E-state index contributed by atoms with van der Waals surface area (Å²) in [6.45, 7) is 0.0128. The molecule has 1 unspecified atom stereocenters. The van der Waals surface area contributed by atoms with Crippen LogP contribution in [-0.2, 0) is 11.2 Å². The number of halogens is 2. The van der Waals surface area contributed by atoms with Gasteiger partial charge in [0.15, 0.2) is 0 Å². The number of hydrogen-bond donors (Lipinski definition) is 1. The molecule has 1 N–H and O–H groups in total. The zero-order valence-electron chi connectivity index (χ0n) is 12.9. The fourth-order valence-corrected chi connectivity index (χ4v) is 2.98. The quantitative estimate of drug-likeness (QED) is 0.850. The Labute approximate surface area is 146 Å². The molecule has 0 fully saturated rings. The third kappa shape index (κ3) is 4.71. The van der Waals surface area contributed by atoms with Crippen LogP contribution in [0.25, 0.3) is 0 Å². The Hall–Kier alpha value is -1.55. The average molecular weight is 352 g/mol. The molecule has 0 aliphatic heterocycles. The van der Waals surface area contributed by atoms with E-state index in [1.165, 1.54) is 0 Å². The summed E-state index contributed by atoms with van der Waals surface area (Å²) in [5.41, 5.74) is 1.74. The van der Waals surface area contributed by atoms with Gasteiger partial charge in [-0.15, -0.1) is 0 Å². The largest absolute Gasteiger partial charge is 0.396 e. The van der Waals surface area contributed by atoms with Crippen LogP contribution in [0.3, 0.4) is 0 Å². The maximum Gasteiger partial charge on any atom is 0.227 e. The van der Waals surface area contributed by atoms with E-state index in [-0.39, 0.29) is 25.0 Å². The van der Waals surface area contributed by atoms with E-state index in [0.717, 1.165) is 11.1 Å².